The predicted octanol–water partition coefficient (Wildman–Crippen LogP) is 4.43. The summed E-state index contributed by atoms with van der Waals surface area (Å²) < 4.78 is 27.1. The molecule has 2 aromatic rings. The zero-order valence-corrected chi connectivity index (χ0v) is 12.3. The van der Waals surface area contributed by atoms with Crippen LogP contribution in [0.15, 0.2) is 42.5 Å². The van der Waals surface area contributed by atoms with Crippen LogP contribution in [-0.2, 0) is 5.54 Å². The maximum Gasteiger partial charge on any atom is 0.320 e. The molecular weight excluding hydrogens is 310 g/mol. The van der Waals surface area contributed by atoms with E-state index in [0.29, 0.717) is 5.02 Å². The molecule has 0 unspecified atom stereocenters. The Hall–Kier alpha value is -2.14. The maximum absolute atomic E-state index is 13.5. The molecule has 2 aromatic carbocycles. The average molecular weight is 323 g/mol. The fraction of sp³-hybridized carbons (Fsp3) is 0.188. The number of carbonyl (C=O) groups is 1. The van der Waals surface area contributed by atoms with Gasteiger partial charge in [-0.2, -0.15) is 0 Å². The number of carbonyl (C=O) groups excluding carboxylic acids is 1. The minimum Gasteiger partial charge on any atom is -0.328 e. The summed E-state index contributed by atoms with van der Waals surface area (Å²) in [5.41, 5.74) is -0.0240. The predicted molar refractivity (Wildman–Crippen MR) is 80.9 cm³/mol. The van der Waals surface area contributed by atoms with Crippen molar-refractivity contribution in [2.45, 2.75) is 18.4 Å². The first-order valence-electron chi connectivity index (χ1n) is 6.79. The Morgan fingerprint density at radius 1 is 1.05 bits per heavy atom. The highest BCUT2D eigenvalue weighted by Gasteiger charge is 2.45. The second kappa shape index (κ2) is 5.57. The van der Waals surface area contributed by atoms with Crippen molar-refractivity contribution in [1.29, 1.82) is 0 Å². The van der Waals surface area contributed by atoms with Gasteiger partial charge in [0.1, 0.15) is 17.3 Å². The first-order chi connectivity index (χ1) is 10.5. The first kappa shape index (κ1) is 14.8. The van der Waals surface area contributed by atoms with Crippen molar-refractivity contribution in [3.05, 3.63) is 64.7 Å². The second-order valence-electron chi connectivity index (χ2n) is 5.26. The number of hydrogen-bond donors (Lipinski definition) is 2. The van der Waals surface area contributed by atoms with E-state index >= 15 is 0 Å². The molecule has 114 valence electrons. The van der Waals surface area contributed by atoms with Crippen molar-refractivity contribution in [3.8, 4) is 0 Å². The number of benzene rings is 2. The van der Waals surface area contributed by atoms with Crippen molar-refractivity contribution in [3.63, 3.8) is 0 Å². The topological polar surface area (TPSA) is 41.1 Å². The molecular formula is C16H13ClF2N2O. The molecule has 0 radical (unpaired) electrons. The summed E-state index contributed by atoms with van der Waals surface area (Å²) in [5, 5.41) is 5.62. The molecule has 2 amide bonds. The van der Waals surface area contributed by atoms with Crippen LogP contribution in [0.5, 0.6) is 0 Å². The van der Waals surface area contributed by atoms with E-state index in [-0.39, 0.29) is 0 Å². The Balaban J connectivity index is 1.73. The number of nitrogens with one attached hydrogen (secondary N) is 2. The lowest BCUT2D eigenvalue weighted by Gasteiger charge is -2.19. The van der Waals surface area contributed by atoms with Gasteiger partial charge in [-0.25, -0.2) is 13.6 Å². The monoisotopic (exact) mass is 322 g/mol. The van der Waals surface area contributed by atoms with Crippen LogP contribution in [0.4, 0.5) is 19.3 Å². The van der Waals surface area contributed by atoms with Gasteiger partial charge in [0.15, 0.2) is 0 Å². The number of rotatable bonds is 3. The van der Waals surface area contributed by atoms with Crippen molar-refractivity contribution >= 4 is 23.3 Å². The van der Waals surface area contributed by atoms with Gasteiger partial charge in [-0.05, 0) is 42.7 Å². The van der Waals surface area contributed by atoms with Crippen molar-refractivity contribution in [1.82, 2.24) is 5.32 Å². The fourth-order valence-corrected chi connectivity index (χ4v) is 2.49. The molecule has 0 heterocycles. The molecule has 0 bridgehead atoms. The molecule has 1 aliphatic rings. The summed E-state index contributed by atoms with van der Waals surface area (Å²) in [5.74, 6) is -1.63. The molecule has 0 atom stereocenters. The van der Waals surface area contributed by atoms with E-state index in [4.69, 9.17) is 11.6 Å². The van der Waals surface area contributed by atoms with Crippen molar-refractivity contribution in [2.24, 2.45) is 0 Å². The summed E-state index contributed by atoms with van der Waals surface area (Å²) in [4.78, 5) is 12.0. The number of para-hydroxylation sites is 1. The highest BCUT2D eigenvalue weighted by atomic mass is 35.5. The van der Waals surface area contributed by atoms with Crippen LogP contribution in [0.2, 0.25) is 5.02 Å². The maximum atomic E-state index is 13.5. The van der Waals surface area contributed by atoms with E-state index < -0.39 is 28.9 Å². The highest BCUT2D eigenvalue weighted by molar-refractivity contribution is 6.30. The van der Waals surface area contributed by atoms with Gasteiger partial charge in [-0.15, -0.1) is 0 Å². The van der Waals surface area contributed by atoms with Gasteiger partial charge < -0.3 is 10.6 Å². The molecule has 1 fully saturated rings. The molecule has 0 spiro atoms. The first-order valence-corrected chi connectivity index (χ1v) is 7.17. The van der Waals surface area contributed by atoms with Gasteiger partial charge >= 0.3 is 6.03 Å². The SMILES string of the molecule is O=C(Nc1c(F)cccc1F)NC1(c2ccc(Cl)cc2)CC1. The molecule has 3 rings (SSSR count). The third-order valence-electron chi connectivity index (χ3n) is 3.70. The smallest absolute Gasteiger partial charge is 0.320 e. The molecule has 3 nitrogen and oxygen atoms in total. The van der Waals surface area contributed by atoms with E-state index in [1.807, 2.05) is 12.1 Å². The summed E-state index contributed by atoms with van der Waals surface area (Å²) >= 11 is 5.85. The summed E-state index contributed by atoms with van der Waals surface area (Å²) in [7, 11) is 0. The number of halogens is 3. The Bertz CT molecular complexity index is 694. The largest absolute Gasteiger partial charge is 0.328 e. The lowest BCUT2D eigenvalue weighted by molar-refractivity contribution is 0.247. The van der Waals surface area contributed by atoms with E-state index in [1.54, 1.807) is 12.1 Å². The Morgan fingerprint density at radius 3 is 2.18 bits per heavy atom. The van der Waals surface area contributed by atoms with Crippen LogP contribution < -0.4 is 10.6 Å². The minimum absolute atomic E-state index is 0.452. The van der Waals surface area contributed by atoms with Crippen LogP contribution in [0.1, 0.15) is 18.4 Å². The zero-order valence-electron chi connectivity index (χ0n) is 11.5. The third-order valence-corrected chi connectivity index (χ3v) is 3.95. The van der Waals surface area contributed by atoms with E-state index in [0.717, 1.165) is 30.5 Å². The molecule has 0 saturated heterocycles. The summed E-state index contributed by atoms with van der Waals surface area (Å²) in [6, 6.07) is 9.93. The molecule has 2 N–H and O–H groups in total. The standard InChI is InChI=1S/C16H13ClF2N2O/c17-11-6-4-10(5-7-11)16(8-9-16)21-15(22)20-14-12(18)2-1-3-13(14)19/h1-7H,8-9H2,(H2,20,21,22). The van der Waals surface area contributed by atoms with Crippen molar-refractivity contribution < 1.29 is 13.6 Å². The van der Waals surface area contributed by atoms with Gasteiger partial charge in [0.2, 0.25) is 0 Å². The molecule has 6 heteroatoms. The molecule has 1 saturated carbocycles. The van der Waals surface area contributed by atoms with Gasteiger partial charge in [0.25, 0.3) is 0 Å². The van der Waals surface area contributed by atoms with Crippen LogP contribution in [-0.4, -0.2) is 6.03 Å². The number of anilines is 1. The van der Waals surface area contributed by atoms with Crippen LogP contribution in [0.25, 0.3) is 0 Å². The summed E-state index contributed by atoms with van der Waals surface area (Å²) in [6.07, 6.45) is 1.53. The second-order valence-corrected chi connectivity index (χ2v) is 5.70. The number of amides is 2. The van der Waals surface area contributed by atoms with Crippen LogP contribution in [0.3, 0.4) is 0 Å². The van der Waals surface area contributed by atoms with Crippen molar-refractivity contribution in [2.75, 3.05) is 5.32 Å². The summed E-state index contributed by atoms with van der Waals surface area (Å²) in [6.45, 7) is 0. The van der Waals surface area contributed by atoms with Gasteiger partial charge in [-0.1, -0.05) is 29.8 Å². The average Bonchev–Trinajstić information content (AvgIpc) is 3.24. The van der Waals surface area contributed by atoms with Gasteiger partial charge in [0, 0.05) is 5.02 Å². The van der Waals surface area contributed by atoms with Crippen LogP contribution in [0, 0.1) is 11.6 Å². The highest BCUT2D eigenvalue weighted by Crippen LogP contribution is 2.45. The van der Waals surface area contributed by atoms with E-state index in [2.05, 4.69) is 10.6 Å². The Labute approximate surface area is 131 Å². The minimum atomic E-state index is -0.813. The number of hydrogen-bond acceptors (Lipinski definition) is 1. The number of urea groups is 1. The van der Waals surface area contributed by atoms with Crippen LogP contribution >= 0.6 is 11.6 Å². The van der Waals surface area contributed by atoms with Gasteiger partial charge in [-0.3, -0.25) is 0 Å². The molecule has 1 aliphatic carbocycles. The van der Waals surface area contributed by atoms with E-state index in [9.17, 15) is 13.6 Å². The molecule has 0 aliphatic heterocycles. The normalized spacial score (nSPS) is 15.2. The molecule has 0 aromatic heterocycles. The lowest BCUT2D eigenvalue weighted by Crippen LogP contribution is -2.38. The zero-order chi connectivity index (χ0) is 15.7. The quantitative estimate of drug-likeness (QED) is 0.862. The molecule has 22 heavy (non-hydrogen) atoms. The van der Waals surface area contributed by atoms with Gasteiger partial charge in [0.05, 0.1) is 5.54 Å². The third kappa shape index (κ3) is 2.90. The van der Waals surface area contributed by atoms with E-state index in [1.165, 1.54) is 6.07 Å². The fourth-order valence-electron chi connectivity index (χ4n) is 2.36. The Kier molecular flexibility index (Phi) is 3.74. The lowest BCUT2D eigenvalue weighted by atomic mass is 10.1. The Morgan fingerprint density at radius 2 is 1.64 bits per heavy atom.